The molecule has 9 heteroatoms. The molecule has 2 N–H and O–H groups in total. The van der Waals surface area contributed by atoms with Crippen LogP contribution in [0.15, 0.2) is 23.4 Å². The Labute approximate surface area is 190 Å². The average Bonchev–Trinajstić information content (AvgIpc) is 3.17. The molecule has 4 heterocycles. The highest BCUT2D eigenvalue weighted by Crippen LogP contribution is 2.40. The van der Waals surface area contributed by atoms with E-state index in [1.807, 2.05) is 0 Å². The molecular weight excluding hydrogens is 424 g/mol. The van der Waals surface area contributed by atoms with Crippen LogP contribution in [0.3, 0.4) is 0 Å². The Bertz CT molecular complexity index is 1130. The van der Waals surface area contributed by atoms with E-state index in [4.69, 9.17) is 16.4 Å². The van der Waals surface area contributed by atoms with Crippen LogP contribution in [0, 0.1) is 12.3 Å². The van der Waals surface area contributed by atoms with Gasteiger partial charge in [-0.15, -0.1) is 6.42 Å². The molecule has 0 radical (unpaired) electrons. The number of terminal acetylenes is 1. The number of anilines is 2. The van der Waals surface area contributed by atoms with Gasteiger partial charge in [0.1, 0.15) is 10.7 Å². The van der Waals surface area contributed by atoms with E-state index < -0.39 is 22.4 Å². The van der Waals surface area contributed by atoms with E-state index in [9.17, 15) is 9.32 Å². The maximum absolute atomic E-state index is 12.7. The van der Waals surface area contributed by atoms with Gasteiger partial charge >= 0.3 is 0 Å². The predicted molar refractivity (Wildman–Crippen MR) is 124 cm³/mol. The number of nitrogens with one attached hydrogen (secondary N) is 1. The minimum Gasteiger partial charge on any atom is -0.391 e. The number of fused-ring (bicyclic) bond motifs is 1. The summed E-state index contributed by atoms with van der Waals surface area (Å²) < 4.78 is 12.7. The van der Waals surface area contributed by atoms with Crippen LogP contribution in [0.25, 0.3) is 5.57 Å². The van der Waals surface area contributed by atoms with Crippen molar-refractivity contribution in [3.8, 4) is 12.3 Å². The lowest BCUT2D eigenvalue weighted by Gasteiger charge is -2.45. The van der Waals surface area contributed by atoms with Crippen molar-refractivity contribution in [1.29, 1.82) is 0 Å². The van der Waals surface area contributed by atoms with Crippen LogP contribution in [0.4, 0.5) is 11.8 Å². The molecule has 8 nitrogen and oxygen atoms in total. The molecule has 1 fully saturated rings. The summed E-state index contributed by atoms with van der Waals surface area (Å²) in [6.07, 6.45) is 14.5. The van der Waals surface area contributed by atoms with Crippen LogP contribution in [-0.4, -0.2) is 59.7 Å². The van der Waals surface area contributed by atoms with Gasteiger partial charge in [0, 0.05) is 37.7 Å². The molecule has 1 unspecified atom stereocenters. The van der Waals surface area contributed by atoms with Gasteiger partial charge in [0.2, 0.25) is 5.95 Å². The highest BCUT2D eigenvalue weighted by atomic mass is 32.2. The van der Waals surface area contributed by atoms with E-state index in [-0.39, 0.29) is 0 Å². The zero-order valence-corrected chi connectivity index (χ0v) is 18.9. The van der Waals surface area contributed by atoms with Gasteiger partial charge in [-0.2, -0.15) is 4.98 Å². The fourth-order valence-electron chi connectivity index (χ4n) is 4.47. The zero-order chi connectivity index (χ0) is 22.3. The number of aliphatic hydroxyl groups is 1. The van der Waals surface area contributed by atoms with Gasteiger partial charge < -0.3 is 15.3 Å². The van der Waals surface area contributed by atoms with Crippen molar-refractivity contribution in [2.24, 2.45) is 0 Å². The van der Waals surface area contributed by atoms with Crippen LogP contribution in [0.5, 0.6) is 0 Å². The number of nitrogens with zero attached hydrogens (tertiary/aromatic N) is 5. The quantitative estimate of drug-likeness (QED) is 0.666. The van der Waals surface area contributed by atoms with Crippen molar-refractivity contribution in [2.45, 2.75) is 55.6 Å². The first-order chi connectivity index (χ1) is 15.5. The molecule has 3 aliphatic rings. The Morgan fingerprint density at radius 2 is 2.06 bits per heavy atom. The first-order valence-corrected chi connectivity index (χ1v) is 12.3. The smallest absolute Gasteiger partial charge is 0.227 e. The van der Waals surface area contributed by atoms with E-state index in [2.05, 4.69) is 32.2 Å². The molecule has 2 atom stereocenters. The predicted octanol–water partition coefficient (Wildman–Crippen LogP) is 1.92. The molecule has 2 aromatic heterocycles. The van der Waals surface area contributed by atoms with Crippen LogP contribution < -0.4 is 10.2 Å². The maximum atomic E-state index is 12.7. The van der Waals surface area contributed by atoms with Crippen molar-refractivity contribution in [2.75, 3.05) is 29.1 Å². The molecule has 0 saturated heterocycles. The molecule has 0 spiro atoms. The molecule has 32 heavy (non-hydrogen) atoms. The van der Waals surface area contributed by atoms with E-state index in [0.29, 0.717) is 46.8 Å². The first kappa shape index (κ1) is 21.0. The Morgan fingerprint density at radius 1 is 1.28 bits per heavy atom. The second-order valence-electron chi connectivity index (χ2n) is 8.62. The summed E-state index contributed by atoms with van der Waals surface area (Å²) in [5, 5.41) is 13.8. The lowest BCUT2D eigenvalue weighted by atomic mass is 9.73. The lowest BCUT2D eigenvalue weighted by molar-refractivity contribution is 0.0631. The summed E-state index contributed by atoms with van der Waals surface area (Å²) in [5.41, 5.74) is 2.19. The summed E-state index contributed by atoms with van der Waals surface area (Å²) in [4.78, 5) is 21.1. The van der Waals surface area contributed by atoms with Gasteiger partial charge in [-0.1, -0.05) is 12.0 Å². The molecule has 2 aromatic rings. The molecule has 1 saturated carbocycles. The lowest BCUT2D eigenvalue weighted by Crippen LogP contribution is -2.53. The van der Waals surface area contributed by atoms with Crippen LogP contribution >= 0.6 is 0 Å². The molecule has 1 aliphatic carbocycles. The van der Waals surface area contributed by atoms with Crippen LogP contribution in [0.2, 0.25) is 0 Å². The van der Waals surface area contributed by atoms with Crippen molar-refractivity contribution in [3.63, 3.8) is 0 Å². The third-order valence-electron chi connectivity index (χ3n) is 6.69. The summed E-state index contributed by atoms with van der Waals surface area (Å²) in [6.45, 7) is 3.17. The molecule has 2 aliphatic heterocycles. The summed E-state index contributed by atoms with van der Waals surface area (Å²) in [5.74, 6) is 5.04. The summed E-state index contributed by atoms with van der Waals surface area (Å²) in [7, 11) is -1.11. The number of aliphatic hydroxyl groups excluding tert-OH is 1. The fraction of sp³-hybridized carbons (Fsp3) is 0.478. The highest BCUT2D eigenvalue weighted by molar-refractivity contribution is 7.85. The minimum atomic E-state index is -1.11. The van der Waals surface area contributed by atoms with Gasteiger partial charge in [-0.3, -0.25) is 4.21 Å². The third-order valence-corrected chi connectivity index (χ3v) is 8.15. The van der Waals surface area contributed by atoms with Crippen molar-refractivity contribution in [1.82, 2.24) is 19.9 Å². The number of aromatic nitrogens is 4. The second-order valence-corrected chi connectivity index (χ2v) is 10.1. The minimum absolute atomic E-state index is 0.400. The van der Waals surface area contributed by atoms with Crippen molar-refractivity contribution in [3.05, 3.63) is 35.6 Å². The van der Waals surface area contributed by atoms with Gasteiger partial charge in [-0.05, 0) is 38.2 Å². The standard InChI is InChI=1S/C23H26N6O2S/c1-3-16-13-24-20(25-14-16)17-5-10-29(11-6-17)22-26-18-7-12-32(31)19(18)21(27-22)28-23(15(2)30)8-4-9-23/h1,5,13-15,30H,4,6-12H2,2H3,(H,26,27,28)/t15?,32-/m1/s1. The average molecular weight is 451 g/mol. The highest BCUT2D eigenvalue weighted by Gasteiger charge is 2.43. The van der Waals surface area contributed by atoms with Crippen LogP contribution in [0.1, 0.15) is 49.7 Å². The van der Waals surface area contributed by atoms with Gasteiger partial charge in [0.05, 0.1) is 33.7 Å². The molecule has 0 bridgehead atoms. The molecule has 0 amide bonds. The second kappa shape index (κ2) is 8.26. The van der Waals surface area contributed by atoms with Gasteiger partial charge in [0.25, 0.3) is 0 Å². The number of hydrogen-bond acceptors (Lipinski definition) is 8. The normalized spacial score (nSPS) is 22.3. The molecule has 0 aromatic carbocycles. The molecular formula is C23H26N6O2S. The molecule has 166 valence electrons. The van der Waals surface area contributed by atoms with E-state index in [1.54, 1.807) is 19.3 Å². The Morgan fingerprint density at radius 3 is 2.66 bits per heavy atom. The Kier molecular flexibility index (Phi) is 5.43. The Balaban J connectivity index is 1.41. The van der Waals surface area contributed by atoms with Gasteiger partial charge in [-0.25, -0.2) is 15.0 Å². The first-order valence-electron chi connectivity index (χ1n) is 11.0. The summed E-state index contributed by atoms with van der Waals surface area (Å²) >= 11 is 0. The maximum Gasteiger partial charge on any atom is 0.227 e. The third kappa shape index (κ3) is 3.67. The number of aryl methyl sites for hydroxylation is 1. The monoisotopic (exact) mass is 450 g/mol. The number of hydrogen-bond donors (Lipinski definition) is 2. The van der Waals surface area contributed by atoms with Crippen molar-refractivity contribution >= 4 is 28.1 Å². The van der Waals surface area contributed by atoms with Crippen LogP contribution in [-0.2, 0) is 17.2 Å². The van der Waals surface area contributed by atoms with E-state index in [0.717, 1.165) is 43.5 Å². The van der Waals surface area contributed by atoms with E-state index >= 15 is 0 Å². The number of rotatable bonds is 5. The Hall–Kier alpha value is -2.83. The zero-order valence-electron chi connectivity index (χ0n) is 18.0. The van der Waals surface area contributed by atoms with E-state index in [1.165, 1.54) is 0 Å². The van der Waals surface area contributed by atoms with Gasteiger partial charge in [0.15, 0.2) is 5.82 Å². The SMILES string of the molecule is C#Cc1cnc(C2=CCN(c3nc4c(c(NC5(C(C)O)CCC5)n3)[S@](=O)CC4)CC2)nc1. The fourth-order valence-corrected chi connectivity index (χ4v) is 5.78. The van der Waals surface area contributed by atoms with Crippen molar-refractivity contribution < 1.29 is 9.32 Å². The topological polar surface area (TPSA) is 104 Å². The molecule has 5 rings (SSSR count). The largest absolute Gasteiger partial charge is 0.391 e. The summed E-state index contributed by atoms with van der Waals surface area (Å²) in [6, 6.07) is 0.